The Hall–Kier alpha value is -1.09. The van der Waals surface area contributed by atoms with Gasteiger partial charge in [-0.05, 0) is 46.3 Å². The summed E-state index contributed by atoms with van der Waals surface area (Å²) in [4.78, 5) is 9.40. The maximum atomic E-state index is 4.60. The maximum absolute atomic E-state index is 4.60. The molecule has 0 saturated carbocycles. The molecule has 2 heterocycles. The van der Waals surface area contributed by atoms with Crippen molar-refractivity contribution in [3.05, 3.63) is 23.9 Å². The van der Waals surface area contributed by atoms with E-state index < -0.39 is 0 Å². The Labute approximate surface area is 104 Å². The summed E-state index contributed by atoms with van der Waals surface area (Å²) < 4.78 is 0. The standard InChI is InChI=1S/C14H23N3/c1-4-17(5-2)14-12(8-6-10-15-14)13-9-7-11-16(13)3/h6,8,10,13H,4-5,7,9,11H2,1-3H3/t13-/m1/s1. The molecule has 0 bridgehead atoms. The van der Waals surface area contributed by atoms with Gasteiger partial charge in [-0.2, -0.15) is 0 Å². The molecule has 94 valence electrons. The molecule has 1 aliphatic rings. The Kier molecular flexibility index (Phi) is 4.00. The fourth-order valence-electron chi connectivity index (χ4n) is 2.76. The molecule has 0 unspecified atom stereocenters. The lowest BCUT2D eigenvalue weighted by molar-refractivity contribution is 0.317. The highest BCUT2D eigenvalue weighted by Gasteiger charge is 2.26. The average molecular weight is 233 g/mol. The number of pyridine rings is 1. The van der Waals surface area contributed by atoms with E-state index >= 15 is 0 Å². The second-order valence-electron chi connectivity index (χ2n) is 4.73. The highest BCUT2D eigenvalue weighted by Crippen LogP contribution is 2.34. The molecule has 1 aliphatic heterocycles. The molecule has 0 aromatic carbocycles. The largest absolute Gasteiger partial charge is 0.357 e. The molecule has 1 atom stereocenters. The van der Waals surface area contributed by atoms with Crippen molar-refractivity contribution in [1.29, 1.82) is 0 Å². The van der Waals surface area contributed by atoms with E-state index in [0.717, 1.165) is 13.1 Å². The second kappa shape index (κ2) is 5.50. The summed E-state index contributed by atoms with van der Waals surface area (Å²) in [6, 6.07) is 4.86. The number of likely N-dealkylation sites (tertiary alicyclic amines) is 1. The van der Waals surface area contributed by atoms with Crippen LogP contribution in [0.3, 0.4) is 0 Å². The Morgan fingerprint density at radius 2 is 2.18 bits per heavy atom. The number of anilines is 1. The Balaban J connectivity index is 2.32. The van der Waals surface area contributed by atoms with E-state index in [1.807, 2.05) is 6.20 Å². The zero-order chi connectivity index (χ0) is 12.3. The van der Waals surface area contributed by atoms with Gasteiger partial charge in [0.15, 0.2) is 0 Å². The normalized spacial score (nSPS) is 20.8. The van der Waals surface area contributed by atoms with Gasteiger partial charge in [-0.3, -0.25) is 4.90 Å². The number of hydrogen-bond acceptors (Lipinski definition) is 3. The van der Waals surface area contributed by atoms with E-state index in [9.17, 15) is 0 Å². The van der Waals surface area contributed by atoms with E-state index in [-0.39, 0.29) is 0 Å². The lowest BCUT2D eigenvalue weighted by Gasteiger charge is -2.27. The van der Waals surface area contributed by atoms with E-state index in [4.69, 9.17) is 0 Å². The van der Waals surface area contributed by atoms with Gasteiger partial charge in [-0.25, -0.2) is 4.98 Å². The maximum Gasteiger partial charge on any atom is 0.133 e. The molecule has 0 N–H and O–H groups in total. The van der Waals surface area contributed by atoms with Crippen molar-refractivity contribution in [2.75, 3.05) is 31.6 Å². The van der Waals surface area contributed by atoms with Gasteiger partial charge in [0.05, 0.1) is 0 Å². The summed E-state index contributed by atoms with van der Waals surface area (Å²) in [5.74, 6) is 1.18. The summed E-state index contributed by atoms with van der Waals surface area (Å²) in [5.41, 5.74) is 1.40. The lowest BCUT2D eigenvalue weighted by Crippen LogP contribution is -2.27. The molecule has 3 heteroatoms. The van der Waals surface area contributed by atoms with Gasteiger partial charge in [0.25, 0.3) is 0 Å². The van der Waals surface area contributed by atoms with Crippen LogP contribution in [0.15, 0.2) is 18.3 Å². The van der Waals surface area contributed by atoms with Crippen LogP contribution in [0, 0.1) is 0 Å². The first kappa shape index (κ1) is 12.4. The van der Waals surface area contributed by atoms with Gasteiger partial charge in [0, 0.05) is 30.9 Å². The number of nitrogens with zero attached hydrogens (tertiary/aromatic N) is 3. The third kappa shape index (κ3) is 2.44. The highest BCUT2D eigenvalue weighted by molar-refractivity contribution is 5.48. The van der Waals surface area contributed by atoms with Crippen LogP contribution in [-0.4, -0.2) is 36.6 Å². The predicted molar refractivity (Wildman–Crippen MR) is 72.4 cm³/mol. The summed E-state index contributed by atoms with van der Waals surface area (Å²) in [6.45, 7) is 7.64. The molecular formula is C14H23N3. The smallest absolute Gasteiger partial charge is 0.133 e. The molecule has 0 radical (unpaired) electrons. The van der Waals surface area contributed by atoms with Gasteiger partial charge in [-0.15, -0.1) is 0 Å². The van der Waals surface area contributed by atoms with Crippen molar-refractivity contribution in [1.82, 2.24) is 9.88 Å². The zero-order valence-corrected chi connectivity index (χ0v) is 11.2. The Morgan fingerprint density at radius 1 is 1.41 bits per heavy atom. The first-order valence-electron chi connectivity index (χ1n) is 6.68. The molecule has 3 nitrogen and oxygen atoms in total. The highest BCUT2D eigenvalue weighted by atomic mass is 15.2. The van der Waals surface area contributed by atoms with E-state index in [1.54, 1.807) is 0 Å². The van der Waals surface area contributed by atoms with Crippen LogP contribution in [0.2, 0.25) is 0 Å². The monoisotopic (exact) mass is 233 g/mol. The minimum absolute atomic E-state index is 0.555. The molecule has 17 heavy (non-hydrogen) atoms. The minimum atomic E-state index is 0.555. The van der Waals surface area contributed by atoms with Crippen LogP contribution < -0.4 is 4.90 Å². The van der Waals surface area contributed by atoms with Crippen molar-refractivity contribution in [2.24, 2.45) is 0 Å². The molecule has 1 saturated heterocycles. The fourth-order valence-corrected chi connectivity index (χ4v) is 2.76. The van der Waals surface area contributed by atoms with E-state index in [0.29, 0.717) is 6.04 Å². The van der Waals surface area contributed by atoms with Crippen LogP contribution >= 0.6 is 0 Å². The molecule has 1 fully saturated rings. The van der Waals surface area contributed by atoms with Crippen molar-refractivity contribution < 1.29 is 0 Å². The second-order valence-corrected chi connectivity index (χ2v) is 4.73. The lowest BCUT2D eigenvalue weighted by atomic mass is 10.1. The summed E-state index contributed by atoms with van der Waals surface area (Å²) in [6.07, 6.45) is 4.47. The number of hydrogen-bond donors (Lipinski definition) is 0. The van der Waals surface area contributed by atoms with Crippen LogP contribution in [0.4, 0.5) is 5.82 Å². The quantitative estimate of drug-likeness (QED) is 0.797. The third-order valence-electron chi connectivity index (χ3n) is 3.76. The van der Waals surface area contributed by atoms with Crippen molar-refractivity contribution >= 4 is 5.82 Å². The fraction of sp³-hybridized carbons (Fsp3) is 0.643. The first-order valence-corrected chi connectivity index (χ1v) is 6.68. The van der Waals surface area contributed by atoms with Crippen molar-refractivity contribution in [3.63, 3.8) is 0 Å². The van der Waals surface area contributed by atoms with Gasteiger partial charge in [0.1, 0.15) is 5.82 Å². The minimum Gasteiger partial charge on any atom is -0.357 e. The molecule has 0 spiro atoms. The van der Waals surface area contributed by atoms with Gasteiger partial charge in [-0.1, -0.05) is 6.07 Å². The first-order chi connectivity index (χ1) is 8.27. The van der Waals surface area contributed by atoms with Crippen LogP contribution in [-0.2, 0) is 0 Å². The molecule has 1 aromatic heterocycles. The van der Waals surface area contributed by atoms with Gasteiger partial charge >= 0.3 is 0 Å². The predicted octanol–water partition coefficient (Wildman–Crippen LogP) is 2.69. The van der Waals surface area contributed by atoms with Gasteiger partial charge < -0.3 is 4.90 Å². The van der Waals surface area contributed by atoms with Crippen LogP contribution in [0.25, 0.3) is 0 Å². The van der Waals surface area contributed by atoms with E-state index in [1.165, 1.54) is 30.8 Å². The van der Waals surface area contributed by atoms with Gasteiger partial charge in [0.2, 0.25) is 0 Å². The molecule has 0 amide bonds. The molecular weight excluding hydrogens is 210 g/mol. The number of aromatic nitrogens is 1. The number of rotatable bonds is 4. The summed E-state index contributed by atoms with van der Waals surface area (Å²) in [5, 5.41) is 0. The van der Waals surface area contributed by atoms with Crippen LogP contribution in [0.1, 0.15) is 38.3 Å². The average Bonchev–Trinajstić information content (AvgIpc) is 2.78. The van der Waals surface area contributed by atoms with Crippen LogP contribution in [0.5, 0.6) is 0 Å². The van der Waals surface area contributed by atoms with Crippen molar-refractivity contribution in [2.45, 2.75) is 32.7 Å². The third-order valence-corrected chi connectivity index (χ3v) is 3.76. The zero-order valence-electron chi connectivity index (χ0n) is 11.2. The molecule has 1 aromatic rings. The Bertz CT molecular complexity index is 360. The topological polar surface area (TPSA) is 19.4 Å². The Morgan fingerprint density at radius 3 is 2.76 bits per heavy atom. The SMILES string of the molecule is CCN(CC)c1ncccc1[C@H]1CCCN1C. The van der Waals surface area contributed by atoms with E-state index in [2.05, 4.69) is 47.8 Å². The molecule has 2 rings (SSSR count). The summed E-state index contributed by atoms with van der Waals surface area (Å²) >= 11 is 0. The van der Waals surface area contributed by atoms with Crippen molar-refractivity contribution in [3.8, 4) is 0 Å². The molecule has 0 aliphatic carbocycles. The summed E-state index contributed by atoms with van der Waals surface area (Å²) in [7, 11) is 2.22.